The first-order valence-electron chi connectivity index (χ1n) is 20.6. The molecule has 0 unspecified atom stereocenters. The summed E-state index contributed by atoms with van der Waals surface area (Å²) in [7, 11) is 0. The van der Waals surface area contributed by atoms with Crippen LogP contribution in [0.25, 0.3) is 0 Å². The number of ether oxygens (including phenoxy) is 8. The van der Waals surface area contributed by atoms with Crippen molar-refractivity contribution in [2.45, 2.75) is 216 Å². The number of rotatable bonds is 22. The zero-order chi connectivity index (χ0) is 43.3. The van der Waals surface area contributed by atoms with Crippen LogP contribution >= 0.6 is 0 Å². The molecule has 19 heteroatoms. The molecule has 3 saturated heterocycles. The molecular formula is C39H68O19. The molecule has 338 valence electrons. The highest BCUT2D eigenvalue weighted by molar-refractivity contribution is 5.73. The lowest BCUT2D eigenvalue weighted by Gasteiger charge is -2.49. The number of carbonyl (C=O) groups excluding carboxylic acids is 3. The normalized spacial score (nSPS) is 37.0. The predicted octanol–water partition coefficient (Wildman–Crippen LogP) is -0.156. The predicted molar refractivity (Wildman–Crippen MR) is 199 cm³/mol. The van der Waals surface area contributed by atoms with Crippen LogP contribution in [0.1, 0.15) is 112 Å². The maximum absolute atomic E-state index is 13.5. The molecule has 0 aromatic rings. The van der Waals surface area contributed by atoms with Crippen LogP contribution in [0.4, 0.5) is 0 Å². The van der Waals surface area contributed by atoms with Gasteiger partial charge in [-0.1, -0.05) is 51.9 Å². The molecule has 3 heterocycles. The second-order valence-electron chi connectivity index (χ2n) is 15.8. The molecule has 0 aromatic heterocycles. The topological polar surface area (TPSA) is 287 Å². The fourth-order valence-corrected chi connectivity index (χ4v) is 7.03. The van der Waals surface area contributed by atoms with Crippen molar-refractivity contribution < 1.29 is 93.1 Å². The van der Waals surface area contributed by atoms with Gasteiger partial charge in [-0.25, -0.2) is 0 Å². The summed E-state index contributed by atoms with van der Waals surface area (Å²) in [5.41, 5.74) is 0. The molecule has 3 fully saturated rings. The Labute approximate surface area is 339 Å². The summed E-state index contributed by atoms with van der Waals surface area (Å²) in [4.78, 5) is 38.1. The van der Waals surface area contributed by atoms with Crippen LogP contribution in [0.3, 0.4) is 0 Å². The summed E-state index contributed by atoms with van der Waals surface area (Å²) in [5.74, 6) is -3.41. The standard InChI is InChI=1S/C39H68O19/c1-7-15-24(42)16-13-11-9-8-10-12-14-17-26(43)55-35-34(58-38-31(48)29(46)27(44)21(4)52-38)32(56-36(49)19(2)20(3)40)22(5)53-39(35)57-33-30(47)28(45)25(54-37(33)50)18-51-23(6)41/h19-22,24-25,27-35,37-40,42,44-48,50H,7-18H2,1-6H3/t19-,20-,21+,22+,24+,25-,27+,28-,29-,30+,31-,32+,33-,34-,35-,37-,38+,39+/m1/s1. The highest BCUT2D eigenvalue weighted by Crippen LogP contribution is 2.35. The van der Waals surface area contributed by atoms with Crippen LogP contribution in [0.2, 0.25) is 0 Å². The Morgan fingerprint density at radius 1 is 0.638 bits per heavy atom. The average Bonchev–Trinajstić information content (AvgIpc) is 3.16. The van der Waals surface area contributed by atoms with E-state index in [1.165, 1.54) is 27.7 Å². The van der Waals surface area contributed by atoms with Crippen LogP contribution in [0.15, 0.2) is 0 Å². The number of carbonyl (C=O) groups is 3. The van der Waals surface area contributed by atoms with Gasteiger partial charge in [-0.15, -0.1) is 0 Å². The Hall–Kier alpha value is -2.11. The van der Waals surface area contributed by atoms with Crippen molar-refractivity contribution in [3.8, 4) is 0 Å². The number of aliphatic hydroxyl groups excluding tert-OH is 8. The average molecular weight is 841 g/mol. The zero-order valence-corrected chi connectivity index (χ0v) is 34.4. The molecule has 0 amide bonds. The SMILES string of the molecule is CCC[C@H](O)CCCCCCCCCC(=O)O[C@H]1[C@H](O[C@@H]2[C@@H](O)[C@H](O)[C@@H](COC(C)=O)O[C@H]2O)O[C@@H](C)[C@H](OC(=O)[C@H](C)[C@@H](C)O)[C@H]1O[C@@H]1O[C@@H](C)[C@H](O)[C@@H](O)[C@H]1O. The summed E-state index contributed by atoms with van der Waals surface area (Å²) >= 11 is 0. The van der Waals surface area contributed by atoms with Gasteiger partial charge in [-0.05, 0) is 47.0 Å². The Morgan fingerprint density at radius 3 is 1.86 bits per heavy atom. The summed E-state index contributed by atoms with van der Waals surface area (Å²) in [5, 5.41) is 84.6. The fourth-order valence-electron chi connectivity index (χ4n) is 7.03. The number of aliphatic hydroxyl groups is 8. The van der Waals surface area contributed by atoms with Crippen LogP contribution in [0.5, 0.6) is 0 Å². The van der Waals surface area contributed by atoms with E-state index >= 15 is 0 Å². The van der Waals surface area contributed by atoms with Gasteiger partial charge < -0.3 is 78.7 Å². The number of esters is 3. The van der Waals surface area contributed by atoms with E-state index < -0.39 is 129 Å². The van der Waals surface area contributed by atoms with Gasteiger partial charge >= 0.3 is 17.9 Å². The summed E-state index contributed by atoms with van der Waals surface area (Å²) < 4.78 is 45.8. The molecular weight excluding hydrogens is 772 g/mol. The minimum Gasteiger partial charge on any atom is -0.463 e. The lowest BCUT2D eigenvalue weighted by molar-refractivity contribution is -0.379. The summed E-state index contributed by atoms with van der Waals surface area (Å²) in [6.45, 7) is 8.30. The minimum absolute atomic E-state index is 0.0863. The van der Waals surface area contributed by atoms with Gasteiger partial charge in [0.2, 0.25) is 0 Å². The molecule has 0 saturated carbocycles. The largest absolute Gasteiger partial charge is 0.463 e. The molecule has 3 aliphatic rings. The molecule has 3 rings (SSSR count). The summed E-state index contributed by atoms with van der Waals surface area (Å²) in [6.07, 6.45) is -17.5. The van der Waals surface area contributed by atoms with E-state index in [0.717, 1.165) is 58.3 Å². The smallest absolute Gasteiger partial charge is 0.311 e. The van der Waals surface area contributed by atoms with E-state index in [0.29, 0.717) is 12.8 Å². The van der Waals surface area contributed by atoms with Crippen LogP contribution in [-0.4, -0.2) is 170 Å². The van der Waals surface area contributed by atoms with Gasteiger partial charge in [0.25, 0.3) is 0 Å². The van der Waals surface area contributed by atoms with Crippen LogP contribution in [0, 0.1) is 5.92 Å². The molecule has 19 nitrogen and oxygen atoms in total. The zero-order valence-electron chi connectivity index (χ0n) is 34.4. The monoisotopic (exact) mass is 840 g/mol. The molecule has 0 spiro atoms. The van der Waals surface area contributed by atoms with E-state index in [9.17, 15) is 55.2 Å². The first kappa shape index (κ1) is 50.2. The van der Waals surface area contributed by atoms with E-state index in [4.69, 9.17) is 37.9 Å². The third-order valence-corrected chi connectivity index (χ3v) is 10.9. The van der Waals surface area contributed by atoms with E-state index in [1.807, 2.05) is 6.92 Å². The third-order valence-electron chi connectivity index (χ3n) is 10.9. The maximum atomic E-state index is 13.5. The van der Waals surface area contributed by atoms with Gasteiger partial charge in [0, 0.05) is 13.3 Å². The molecule has 0 radical (unpaired) electrons. The number of unbranched alkanes of at least 4 members (excludes halogenated alkanes) is 6. The highest BCUT2D eigenvalue weighted by atomic mass is 16.8. The van der Waals surface area contributed by atoms with Crippen molar-refractivity contribution in [3.05, 3.63) is 0 Å². The van der Waals surface area contributed by atoms with Gasteiger partial charge in [0.05, 0.1) is 30.3 Å². The quantitative estimate of drug-likeness (QED) is 0.0399. The van der Waals surface area contributed by atoms with E-state index in [1.54, 1.807) is 0 Å². The van der Waals surface area contributed by atoms with Gasteiger partial charge in [-0.2, -0.15) is 0 Å². The molecule has 0 aliphatic carbocycles. The van der Waals surface area contributed by atoms with Crippen molar-refractivity contribution in [1.29, 1.82) is 0 Å². The second-order valence-corrected chi connectivity index (χ2v) is 15.8. The van der Waals surface area contributed by atoms with Crippen molar-refractivity contribution >= 4 is 17.9 Å². The number of hydrogen-bond donors (Lipinski definition) is 8. The van der Waals surface area contributed by atoms with Gasteiger partial charge in [0.15, 0.2) is 31.1 Å². The Balaban J connectivity index is 1.85. The lowest BCUT2D eigenvalue weighted by Crippen LogP contribution is -2.67. The molecule has 18 atom stereocenters. The molecule has 0 aromatic carbocycles. The third kappa shape index (κ3) is 14.5. The summed E-state index contributed by atoms with van der Waals surface area (Å²) in [6, 6.07) is 0. The van der Waals surface area contributed by atoms with E-state index in [-0.39, 0.29) is 12.5 Å². The van der Waals surface area contributed by atoms with Crippen LogP contribution < -0.4 is 0 Å². The molecule has 0 bridgehead atoms. The Kier molecular flexibility index (Phi) is 21.1. The molecule has 3 aliphatic heterocycles. The molecule has 58 heavy (non-hydrogen) atoms. The van der Waals surface area contributed by atoms with Crippen molar-refractivity contribution in [2.75, 3.05) is 6.61 Å². The minimum atomic E-state index is -1.95. The van der Waals surface area contributed by atoms with Crippen molar-refractivity contribution in [3.63, 3.8) is 0 Å². The Morgan fingerprint density at radius 2 is 1.24 bits per heavy atom. The highest BCUT2D eigenvalue weighted by Gasteiger charge is 2.56. The van der Waals surface area contributed by atoms with Crippen molar-refractivity contribution in [1.82, 2.24) is 0 Å². The van der Waals surface area contributed by atoms with E-state index in [2.05, 4.69) is 0 Å². The van der Waals surface area contributed by atoms with Crippen molar-refractivity contribution in [2.24, 2.45) is 5.92 Å². The first-order valence-corrected chi connectivity index (χ1v) is 20.6. The lowest BCUT2D eigenvalue weighted by atomic mass is 9.96. The first-order chi connectivity index (χ1) is 27.4. The second kappa shape index (κ2) is 24.4. The maximum Gasteiger partial charge on any atom is 0.311 e. The molecule has 8 N–H and O–H groups in total. The fraction of sp³-hybridized carbons (Fsp3) is 0.923. The number of hydrogen-bond acceptors (Lipinski definition) is 19. The van der Waals surface area contributed by atoms with Gasteiger partial charge in [0.1, 0.15) is 55.4 Å². The van der Waals surface area contributed by atoms with Crippen LogP contribution in [-0.2, 0) is 52.3 Å². The Bertz CT molecular complexity index is 1240. The van der Waals surface area contributed by atoms with Gasteiger partial charge in [-0.3, -0.25) is 14.4 Å².